The minimum absolute atomic E-state index is 0.237. The first-order chi connectivity index (χ1) is 11.6. The molecule has 0 aliphatic heterocycles. The minimum atomic E-state index is -0.326. The molecular weight excluding hydrogens is 322 g/mol. The number of nitrogens with one attached hydrogen (secondary N) is 2. The standard InChI is InChI=1S/C18H15N3O2S/c1-12-8-9-16(19-11-12)21-17(22)13-5-2-3-6-14(13)20-18(23)15-7-4-10-24-15/h2-11H,1H3,(H,20,23)(H,19,21,22). The lowest BCUT2D eigenvalue weighted by Gasteiger charge is -2.10. The number of aryl methyl sites for hydroxylation is 1. The van der Waals surface area contributed by atoms with Gasteiger partial charge in [0, 0.05) is 6.20 Å². The second kappa shape index (κ2) is 7.06. The first kappa shape index (κ1) is 15.9. The Kier molecular flexibility index (Phi) is 4.67. The highest BCUT2D eigenvalue weighted by molar-refractivity contribution is 7.12. The summed E-state index contributed by atoms with van der Waals surface area (Å²) in [5.41, 5.74) is 1.85. The highest BCUT2D eigenvalue weighted by atomic mass is 32.1. The van der Waals surface area contributed by atoms with Crippen molar-refractivity contribution in [3.05, 3.63) is 76.1 Å². The lowest BCUT2D eigenvalue weighted by atomic mass is 10.1. The van der Waals surface area contributed by atoms with E-state index in [1.165, 1.54) is 11.3 Å². The van der Waals surface area contributed by atoms with Crippen LogP contribution in [0, 0.1) is 6.92 Å². The van der Waals surface area contributed by atoms with Crippen LogP contribution in [0.4, 0.5) is 11.5 Å². The number of anilines is 2. The van der Waals surface area contributed by atoms with Crippen molar-refractivity contribution in [3.8, 4) is 0 Å². The average molecular weight is 337 g/mol. The first-order valence-corrected chi connectivity index (χ1v) is 8.19. The van der Waals surface area contributed by atoms with Gasteiger partial charge in [-0.05, 0) is 42.1 Å². The molecule has 5 nitrogen and oxygen atoms in total. The highest BCUT2D eigenvalue weighted by Gasteiger charge is 2.15. The van der Waals surface area contributed by atoms with Crippen LogP contribution in [0.5, 0.6) is 0 Å². The average Bonchev–Trinajstić information content (AvgIpc) is 3.12. The summed E-state index contributed by atoms with van der Waals surface area (Å²) in [6.45, 7) is 1.92. The van der Waals surface area contributed by atoms with E-state index in [0.29, 0.717) is 21.9 Å². The second-order valence-electron chi connectivity index (χ2n) is 5.15. The van der Waals surface area contributed by atoms with Crippen LogP contribution in [0.25, 0.3) is 0 Å². The molecule has 0 bridgehead atoms. The summed E-state index contributed by atoms with van der Waals surface area (Å²) in [7, 11) is 0. The number of amides is 2. The van der Waals surface area contributed by atoms with Crippen LogP contribution < -0.4 is 10.6 Å². The summed E-state index contributed by atoms with van der Waals surface area (Å²) in [6, 6.07) is 14.0. The number of hydrogen-bond acceptors (Lipinski definition) is 4. The molecule has 120 valence electrons. The molecule has 0 radical (unpaired) electrons. The summed E-state index contributed by atoms with van der Waals surface area (Å²) in [5, 5.41) is 7.34. The van der Waals surface area contributed by atoms with Crippen molar-refractivity contribution in [2.24, 2.45) is 0 Å². The number of carbonyl (C=O) groups is 2. The Morgan fingerprint density at radius 2 is 1.79 bits per heavy atom. The van der Waals surface area contributed by atoms with E-state index in [1.54, 1.807) is 48.7 Å². The van der Waals surface area contributed by atoms with Gasteiger partial charge in [-0.3, -0.25) is 9.59 Å². The highest BCUT2D eigenvalue weighted by Crippen LogP contribution is 2.19. The largest absolute Gasteiger partial charge is 0.321 e. The predicted molar refractivity (Wildman–Crippen MR) is 95.6 cm³/mol. The van der Waals surface area contributed by atoms with Gasteiger partial charge in [0.05, 0.1) is 16.1 Å². The van der Waals surface area contributed by atoms with Crippen LogP contribution in [0.15, 0.2) is 60.1 Å². The van der Waals surface area contributed by atoms with E-state index < -0.39 is 0 Å². The number of para-hydroxylation sites is 1. The molecule has 1 aromatic carbocycles. The van der Waals surface area contributed by atoms with E-state index >= 15 is 0 Å². The minimum Gasteiger partial charge on any atom is -0.321 e. The molecule has 2 amide bonds. The van der Waals surface area contributed by atoms with Crippen LogP contribution in [-0.4, -0.2) is 16.8 Å². The number of thiophene rings is 1. The fourth-order valence-corrected chi connectivity index (χ4v) is 2.73. The Morgan fingerprint density at radius 1 is 0.958 bits per heavy atom. The van der Waals surface area contributed by atoms with Crippen molar-refractivity contribution in [1.82, 2.24) is 4.98 Å². The molecular formula is C18H15N3O2S. The topological polar surface area (TPSA) is 71.1 Å². The van der Waals surface area contributed by atoms with Crippen LogP contribution in [0.2, 0.25) is 0 Å². The maximum absolute atomic E-state index is 12.5. The molecule has 0 unspecified atom stereocenters. The molecule has 2 N–H and O–H groups in total. The van der Waals surface area contributed by atoms with Crippen molar-refractivity contribution < 1.29 is 9.59 Å². The lowest BCUT2D eigenvalue weighted by molar-refractivity contribution is 0.102. The Hall–Kier alpha value is -2.99. The Balaban J connectivity index is 1.79. The number of rotatable bonds is 4. The van der Waals surface area contributed by atoms with Crippen LogP contribution in [0.1, 0.15) is 25.6 Å². The third kappa shape index (κ3) is 3.67. The monoisotopic (exact) mass is 337 g/mol. The van der Waals surface area contributed by atoms with E-state index in [1.807, 2.05) is 18.4 Å². The molecule has 2 aromatic heterocycles. The zero-order valence-corrected chi connectivity index (χ0v) is 13.8. The van der Waals surface area contributed by atoms with Crippen molar-refractivity contribution in [2.45, 2.75) is 6.92 Å². The quantitative estimate of drug-likeness (QED) is 0.757. The predicted octanol–water partition coefficient (Wildman–Crippen LogP) is 3.96. The lowest BCUT2D eigenvalue weighted by Crippen LogP contribution is -2.18. The zero-order valence-electron chi connectivity index (χ0n) is 12.9. The van der Waals surface area contributed by atoms with Crippen molar-refractivity contribution >= 4 is 34.7 Å². The molecule has 0 fully saturated rings. The van der Waals surface area contributed by atoms with Crippen molar-refractivity contribution in [2.75, 3.05) is 10.6 Å². The number of benzene rings is 1. The zero-order chi connectivity index (χ0) is 16.9. The van der Waals surface area contributed by atoms with Gasteiger partial charge in [-0.15, -0.1) is 11.3 Å². The van der Waals surface area contributed by atoms with Gasteiger partial charge in [0.25, 0.3) is 11.8 Å². The first-order valence-electron chi connectivity index (χ1n) is 7.31. The number of carbonyl (C=O) groups excluding carboxylic acids is 2. The molecule has 0 saturated heterocycles. The number of aromatic nitrogens is 1. The Labute approximate surface area is 143 Å². The maximum atomic E-state index is 12.5. The summed E-state index contributed by atoms with van der Waals surface area (Å²) < 4.78 is 0. The van der Waals surface area contributed by atoms with E-state index in [-0.39, 0.29) is 11.8 Å². The number of nitrogens with zero attached hydrogens (tertiary/aromatic N) is 1. The SMILES string of the molecule is Cc1ccc(NC(=O)c2ccccc2NC(=O)c2cccs2)nc1. The molecule has 0 spiro atoms. The smallest absolute Gasteiger partial charge is 0.265 e. The van der Waals surface area contributed by atoms with Gasteiger partial charge in [-0.25, -0.2) is 4.98 Å². The summed E-state index contributed by atoms with van der Waals surface area (Å²) in [6.07, 6.45) is 1.68. The van der Waals surface area contributed by atoms with Gasteiger partial charge < -0.3 is 10.6 Å². The molecule has 0 saturated carbocycles. The Morgan fingerprint density at radius 3 is 2.50 bits per heavy atom. The van der Waals surface area contributed by atoms with Crippen LogP contribution in [0.3, 0.4) is 0 Å². The number of hydrogen-bond donors (Lipinski definition) is 2. The molecule has 6 heteroatoms. The van der Waals surface area contributed by atoms with Crippen LogP contribution >= 0.6 is 11.3 Å². The van der Waals surface area contributed by atoms with Gasteiger partial charge in [0.15, 0.2) is 0 Å². The van der Waals surface area contributed by atoms with Gasteiger partial charge in [-0.2, -0.15) is 0 Å². The van der Waals surface area contributed by atoms with E-state index in [0.717, 1.165) is 5.56 Å². The fourth-order valence-electron chi connectivity index (χ4n) is 2.11. The molecule has 24 heavy (non-hydrogen) atoms. The molecule has 0 aliphatic rings. The van der Waals surface area contributed by atoms with Gasteiger partial charge in [-0.1, -0.05) is 24.3 Å². The third-order valence-electron chi connectivity index (χ3n) is 3.32. The van der Waals surface area contributed by atoms with E-state index in [4.69, 9.17) is 0 Å². The normalized spacial score (nSPS) is 10.2. The van der Waals surface area contributed by atoms with Gasteiger partial charge >= 0.3 is 0 Å². The van der Waals surface area contributed by atoms with Crippen molar-refractivity contribution in [3.63, 3.8) is 0 Å². The molecule has 0 aliphatic carbocycles. The van der Waals surface area contributed by atoms with Crippen molar-refractivity contribution in [1.29, 1.82) is 0 Å². The summed E-state index contributed by atoms with van der Waals surface area (Å²) in [5.74, 6) is -0.0999. The van der Waals surface area contributed by atoms with E-state index in [2.05, 4.69) is 15.6 Å². The molecule has 3 aromatic rings. The summed E-state index contributed by atoms with van der Waals surface area (Å²) in [4.78, 5) is 29.4. The van der Waals surface area contributed by atoms with E-state index in [9.17, 15) is 9.59 Å². The fraction of sp³-hybridized carbons (Fsp3) is 0.0556. The Bertz CT molecular complexity index is 858. The molecule has 0 atom stereocenters. The van der Waals surface area contributed by atoms with Crippen LogP contribution in [-0.2, 0) is 0 Å². The van der Waals surface area contributed by atoms with Gasteiger partial charge in [0.1, 0.15) is 5.82 Å². The molecule has 2 heterocycles. The second-order valence-corrected chi connectivity index (χ2v) is 6.10. The van der Waals surface area contributed by atoms with Gasteiger partial charge in [0.2, 0.25) is 0 Å². The molecule has 3 rings (SSSR count). The number of pyridine rings is 1. The maximum Gasteiger partial charge on any atom is 0.265 e. The third-order valence-corrected chi connectivity index (χ3v) is 4.19. The summed E-state index contributed by atoms with van der Waals surface area (Å²) >= 11 is 1.35.